The summed E-state index contributed by atoms with van der Waals surface area (Å²) in [5.74, 6) is 0.118. The van der Waals surface area contributed by atoms with Crippen LogP contribution in [0.5, 0.6) is 0 Å². The van der Waals surface area contributed by atoms with Crippen LogP contribution >= 0.6 is 0 Å². The van der Waals surface area contributed by atoms with Gasteiger partial charge in [0.1, 0.15) is 0 Å². The molecule has 1 amide bonds. The maximum Gasteiger partial charge on any atom is 0.285 e. The van der Waals surface area contributed by atoms with Gasteiger partial charge in [0.2, 0.25) is 0 Å². The summed E-state index contributed by atoms with van der Waals surface area (Å²) < 4.78 is 0.719. The number of carbonyl (C=O) groups is 1. The first kappa shape index (κ1) is 20.3. The Balaban J connectivity index is 0.00000264. The fraction of sp³-hybridized carbons (Fsp3) is 0.556. The first-order valence-electron chi connectivity index (χ1n) is 7.90. The number of anilines is 1. The first-order valence-corrected chi connectivity index (χ1v) is 7.90. The van der Waals surface area contributed by atoms with Crippen LogP contribution in [0.3, 0.4) is 0 Å². The van der Waals surface area contributed by atoms with Gasteiger partial charge < -0.3 is 9.80 Å². The molecule has 0 atom stereocenters. The second-order valence-electron chi connectivity index (χ2n) is 6.91. The smallest absolute Gasteiger partial charge is 0.285 e. The molecule has 1 aromatic rings. The molecule has 1 radical (unpaired) electrons. The van der Waals surface area contributed by atoms with Gasteiger partial charge in [0.05, 0.1) is 27.2 Å². The molecule has 0 spiro atoms. The SMILES string of the molecule is [C-]#[N+]c1cc(C)c(NC(=O)C2([N+](C)(C)CC)CCC2)c(C)c1.[Y]. The molecule has 5 heteroatoms. The van der Waals surface area contributed by atoms with Gasteiger partial charge in [-0.15, -0.1) is 0 Å². The molecule has 0 aromatic heterocycles. The van der Waals surface area contributed by atoms with Crippen molar-refractivity contribution in [3.63, 3.8) is 0 Å². The predicted molar refractivity (Wildman–Crippen MR) is 90.0 cm³/mol. The Morgan fingerprint density at radius 3 is 2.17 bits per heavy atom. The molecular weight excluding hydrogens is 363 g/mol. The number of rotatable bonds is 4. The van der Waals surface area contributed by atoms with E-state index >= 15 is 0 Å². The standard InChI is InChI=1S/C18H25N3O.Y/c1-7-21(5,6)18(9-8-10-18)17(22)20-16-13(2)11-15(19-4)12-14(16)3;/h11-12H,7-10H2,1-3,5-6H3;/p+1. The van der Waals surface area contributed by atoms with Crippen molar-refractivity contribution in [3.05, 3.63) is 34.7 Å². The minimum absolute atomic E-state index is 0. The van der Waals surface area contributed by atoms with Crippen LogP contribution in [0.25, 0.3) is 4.85 Å². The monoisotopic (exact) mass is 389 g/mol. The van der Waals surface area contributed by atoms with Crippen molar-refractivity contribution in [1.29, 1.82) is 0 Å². The molecular formula is C18H26N3OY+. The fourth-order valence-corrected chi connectivity index (χ4v) is 3.35. The average molecular weight is 389 g/mol. The Kier molecular flexibility index (Phi) is 6.55. The number of hydrogen-bond donors (Lipinski definition) is 1. The van der Waals surface area contributed by atoms with Gasteiger partial charge in [0, 0.05) is 51.2 Å². The molecule has 0 unspecified atom stereocenters. The quantitative estimate of drug-likeness (QED) is 0.617. The van der Waals surface area contributed by atoms with E-state index < -0.39 is 0 Å². The summed E-state index contributed by atoms with van der Waals surface area (Å²) in [7, 11) is 4.28. The molecule has 0 saturated heterocycles. The number of hydrogen-bond acceptors (Lipinski definition) is 1. The first-order chi connectivity index (χ1) is 10.3. The summed E-state index contributed by atoms with van der Waals surface area (Å²) in [6.07, 6.45) is 3.00. The van der Waals surface area contributed by atoms with Gasteiger partial charge in [0.15, 0.2) is 11.2 Å². The van der Waals surface area contributed by atoms with Gasteiger partial charge >= 0.3 is 0 Å². The number of quaternary nitrogens is 1. The van der Waals surface area contributed by atoms with E-state index in [0.29, 0.717) is 5.69 Å². The van der Waals surface area contributed by atoms with Gasteiger partial charge in [-0.2, -0.15) is 0 Å². The number of benzene rings is 1. The topological polar surface area (TPSA) is 33.5 Å². The third-order valence-electron chi connectivity index (χ3n) is 5.44. The summed E-state index contributed by atoms with van der Waals surface area (Å²) in [6, 6.07) is 3.67. The largest absolute Gasteiger partial charge is 0.320 e. The molecule has 1 aliphatic carbocycles. The van der Waals surface area contributed by atoms with Crippen molar-refractivity contribution in [1.82, 2.24) is 0 Å². The molecule has 2 rings (SSSR count). The fourth-order valence-electron chi connectivity index (χ4n) is 3.35. The van der Waals surface area contributed by atoms with E-state index in [9.17, 15) is 4.79 Å². The van der Waals surface area contributed by atoms with Gasteiger partial charge in [-0.1, -0.05) is 12.1 Å². The Morgan fingerprint density at radius 1 is 1.30 bits per heavy atom. The molecule has 23 heavy (non-hydrogen) atoms. The van der Waals surface area contributed by atoms with Crippen LogP contribution in [0.15, 0.2) is 12.1 Å². The predicted octanol–water partition coefficient (Wildman–Crippen LogP) is 3.81. The number of aryl methyl sites for hydroxylation is 2. The van der Waals surface area contributed by atoms with Crippen LogP contribution in [0.1, 0.15) is 37.3 Å². The second-order valence-corrected chi connectivity index (χ2v) is 6.91. The van der Waals surface area contributed by atoms with E-state index in [0.717, 1.165) is 47.1 Å². The molecule has 0 aliphatic heterocycles. The van der Waals surface area contributed by atoms with Crippen molar-refractivity contribution in [3.8, 4) is 0 Å². The zero-order valence-electron chi connectivity index (χ0n) is 14.9. The van der Waals surface area contributed by atoms with Gasteiger partial charge in [-0.3, -0.25) is 4.79 Å². The molecule has 121 valence electrons. The van der Waals surface area contributed by atoms with E-state index in [1.807, 2.05) is 26.0 Å². The molecule has 1 saturated carbocycles. The third-order valence-corrected chi connectivity index (χ3v) is 5.44. The van der Waals surface area contributed by atoms with Crippen LogP contribution in [0.2, 0.25) is 0 Å². The van der Waals surface area contributed by atoms with Gasteiger partial charge in [0.25, 0.3) is 5.91 Å². The molecule has 1 aromatic carbocycles. The maximum absolute atomic E-state index is 13.0. The van der Waals surface area contributed by atoms with Gasteiger partial charge in [-0.25, -0.2) is 4.85 Å². The zero-order valence-corrected chi connectivity index (χ0v) is 17.7. The third kappa shape index (κ3) is 3.52. The molecule has 1 fully saturated rings. The van der Waals surface area contributed by atoms with Crippen LogP contribution in [0.4, 0.5) is 11.4 Å². The molecule has 4 nitrogen and oxygen atoms in total. The molecule has 0 heterocycles. The normalized spacial score (nSPS) is 15.8. The Hall–Kier alpha value is -0.756. The van der Waals surface area contributed by atoms with Gasteiger partial charge in [-0.05, 0) is 38.3 Å². The van der Waals surface area contributed by atoms with Crippen molar-refractivity contribution in [2.45, 2.75) is 45.6 Å². The number of likely N-dealkylation sites (N-methyl/N-ethyl adjacent to an activating group) is 1. The van der Waals surface area contributed by atoms with Crippen molar-refractivity contribution in [2.24, 2.45) is 0 Å². The second kappa shape index (κ2) is 7.42. The summed E-state index contributed by atoms with van der Waals surface area (Å²) in [4.78, 5) is 16.5. The molecule has 0 bridgehead atoms. The average Bonchev–Trinajstić information content (AvgIpc) is 2.40. The van der Waals surface area contributed by atoms with Crippen LogP contribution in [0, 0.1) is 20.4 Å². The summed E-state index contributed by atoms with van der Waals surface area (Å²) >= 11 is 0. The Bertz CT molecular complexity index is 619. The van der Waals surface area contributed by atoms with Crippen LogP contribution < -0.4 is 5.32 Å². The van der Waals surface area contributed by atoms with E-state index in [1.54, 1.807) is 0 Å². The minimum atomic E-state index is -0.313. The van der Waals surface area contributed by atoms with Crippen LogP contribution in [-0.2, 0) is 37.5 Å². The number of nitrogens with one attached hydrogen (secondary N) is 1. The molecule has 1 aliphatic rings. The van der Waals surface area contributed by atoms with Crippen molar-refractivity contribution < 1.29 is 42.0 Å². The van der Waals surface area contributed by atoms with E-state index in [2.05, 4.69) is 31.2 Å². The maximum atomic E-state index is 13.0. The number of nitrogens with zero attached hydrogens (tertiary/aromatic N) is 2. The Morgan fingerprint density at radius 2 is 1.83 bits per heavy atom. The van der Waals surface area contributed by atoms with Crippen LogP contribution in [-0.4, -0.2) is 36.6 Å². The summed E-state index contributed by atoms with van der Waals surface area (Å²) in [6.45, 7) is 14.1. The van der Waals surface area contributed by atoms with Crippen molar-refractivity contribution >= 4 is 17.3 Å². The van der Waals surface area contributed by atoms with E-state index in [4.69, 9.17) is 6.57 Å². The van der Waals surface area contributed by atoms with E-state index in [-0.39, 0.29) is 44.2 Å². The molecule has 1 N–H and O–H groups in total. The minimum Gasteiger partial charge on any atom is -0.320 e. The number of amides is 1. The zero-order chi connectivity index (χ0) is 16.5. The summed E-state index contributed by atoms with van der Waals surface area (Å²) in [5, 5.41) is 3.16. The van der Waals surface area contributed by atoms with Crippen molar-refractivity contribution in [2.75, 3.05) is 26.0 Å². The summed E-state index contributed by atoms with van der Waals surface area (Å²) in [5.41, 5.74) is 3.08. The van der Waals surface area contributed by atoms with E-state index in [1.165, 1.54) is 0 Å². The number of carbonyl (C=O) groups excluding carboxylic acids is 1. The Labute approximate surface area is 164 Å².